The van der Waals surface area contributed by atoms with Crippen molar-refractivity contribution in [3.63, 3.8) is 0 Å². The number of nitrogens with one attached hydrogen (secondary N) is 1. The Morgan fingerprint density at radius 2 is 1.89 bits per heavy atom. The summed E-state index contributed by atoms with van der Waals surface area (Å²) in [4.78, 5) is 0. The standard InChI is InChI=1S/C17H29N/c1-7-17(4,5)16(18-6)15-10-8-9-14(12-15)11-13(2)3/h8-10,12-13,16,18H,7,11H2,1-6H3. The summed E-state index contributed by atoms with van der Waals surface area (Å²) in [6.07, 6.45) is 2.34. The molecule has 1 N–H and O–H groups in total. The molecule has 0 aliphatic rings. The minimum atomic E-state index is 0.283. The molecule has 1 heteroatoms. The molecule has 1 rings (SSSR count). The Morgan fingerprint density at radius 1 is 1.22 bits per heavy atom. The quantitative estimate of drug-likeness (QED) is 0.775. The molecule has 0 fully saturated rings. The lowest BCUT2D eigenvalue weighted by molar-refractivity contribution is 0.245. The van der Waals surface area contributed by atoms with Crippen molar-refractivity contribution in [1.82, 2.24) is 5.32 Å². The summed E-state index contributed by atoms with van der Waals surface area (Å²) < 4.78 is 0. The van der Waals surface area contributed by atoms with E-state index in [9.17, 15) is 0 Å². The Balaban J connectivity index is 3.00. The Bertz CT molecular complexity index is 366. The average Bonchev–Trinajstić information content (AvgIpc) is 2.29. The van der Waals surface area contributed by atoms with Crippen molar-refractivity contribution in [3.8, 4) is 0 Å². The maximum atomic E-state index is 3.49. The van der Waals surface area contributed by atoms with Crippen molar-refractivity contribution >= 4 is 0 Å². The maximum Gasteiger partial charge on any atom is 0.0369 e. The fraction of sp³-hybridized carbons (Fsp3) is 0.647. The van der Waals surface area contributed by atoms with Crippen molar-refractivity contribution in [2.24, 2.45) is 11.3 Å². The van der Waals surface area contributed by atoms with Crippen molar-refractivity contribution < 1.29 is 0 Å². The summed E-state index contributed by atoms with van der Waals surface area (Å²) in [5.41, 5.74) is 3.16. The third kappa shape index (κ3) is 3.84. The van der Waals surface area contributed by atoms with Crippen LogP contribution >= 0.6 is 0 Å². The predicted molar refractivity (Wildman–Crippen MR) is 80.9 cm³/mol. The molecule has 0 radical (unpaired) electrons. The summed E-state index contributed by atoms with van der Waals surface area (Å²) in [5.74, 6) is 0.715. The van der Waals surface area contributed by atoms with Crippen LogP contribution in [-0.4, -0.2) is 7.05 Å². The highest BCUT2D eigenvalue weighted by atomic mass is 14.9. The van der Waals surface area contributed by atoms with Gasteiger partial charge >= 0.3 is 0 Å². The molecule has 0 aromatic heterocycles. The number of rotatable bonds is 6. The van der Waals surface area contributed by atoms with E-state index in [4.69, 9.17) is 0 Å². The Morgan fingerprint density at radius 3 is 2.39 bits per heavy atom. The van der Waals surface area contributed by atoms with E-state index in [1.165, 1.54) is 17.5 Å². The van der Waals surface area contributed by atoms with Gasteiger partial charge in [0.1, 0.15) is 0 Å². The maximum absolute atomic E-state index is 3.49. The van der Waals surface area contributed by atoms with Crippen molar-refractivity contribution in [3.05, 3.63) is 35.4 Å². The Labute approximate surface area is 113 Å². The molecule has 0 aliphatic carbocycles. The first-order valence-corrected chi connectivity index (χ1v) is 7.16. The lowest BCUT2D eigenvalue weighted by atomic mass is 9.78. The summed E-state index contributed by atoms with van der Waals surface area (Å²) in [6, 6.07) is 9.49. The first-order chi connectivity index (χ1) is 8.40. The van der Waals surface area contributed by atoms with Crippen LogP contribution in [0.2, 0.25) is 0 Å². The Kier molecular flexibility index (Phi) is 5.40. The number of benzene rings is 1. The summed E-state index contributed by atoms with van der Waals surface area (Å²) in [6.45, 7) is 11.5. The van der Waals surface area contributed by atoms with E-state index < -0.39 is 0 Å². The first kappa shape index (κ1) is 15.2. The number of hydrogen-bond acceptors (Lipinski definition) is 1. The van der Waals surface area contributed by atoms with Gasteiger partial charge in [-0.05, 0) is 42.3 Å². The Hall–Kier alpha value is -0.820. The minimum absolute atomic E-state index is 0.283. The molecule has 18 heavy (non-hydrogen) atoms. The third-order valence-corrected chi connectivity index (χ3v) is 3.91. The molecule has 0 saturated carbocycles. The molecule has 102 valence electrons. The summed E-state index contributed by atoms with van der Waals surface area (Å²) in [7, 11) is 2.07. The van der Waals surface area contributed by atoms with Gasteiger partial charge in [-0.1, -0.05) is 58.9 Å². The number of hydrogen-bond donors (Lipinski definition) is 1. The lowest BCUT2D eigenvalue weighted by Crippen LogP contribution is -2.31. The van der Waals surface area contributed by atoms with E-state index in [0.717, 1.165) is 6.42 Å². The van der Waals surface area contributed by atoms with E-state index in [1.807, 2.05) is 0 Å². The van der Waals surface area contributed by atoms with Crippen LogP contribution in [0.1, 0.15) is 58.2 Å². The van der Waals surface area contributed by atoms with Crippen LogP contribution in [0, 0.1) is 11.3 Å². The predicted octanol–water partition coefficient (Wildman–Crippen LogP) is 4.58. The summed E-state index contributed by atoms with van der Waals surface area (Å²) in [5, 5.41) is 3.49. The van der Waals surface area contributed by atoms with Gasteiger partial charge in [0.05, 0.1) is 0 Å². The SMILES string of the molecule is CCC(C)(C)C(NC)c1cccc(CC(C)C)c1. The van der Waals surface area contributed by atoms with Crippen LogP contribution in [0.25, 0.3) is 0 Å². The minimum Gasteiger partial charge on any atom is -0.313 e. The highest BCUT2D eigenvalue weighted by Crippen LogP contribution is 2.36. The molecule has 1 nitrogen and oxygen atoms in total. The zero-order valence-corrected chi connectivity index (χ0v) is 12.9. The molecule has 1 aromatic carbocycles. The van der Waals surface area contributed by atoms with Gasteiger partial charge in [0.25, 0.3) is 0 Å². The smallest absolute Gasteiger partial charge is 0.0369 e. The van der Waals surface area contributed by atoms with Gasteiger partial charge in [0.15, 0.2) is 0 Å². The molecule has 1 atom stereocenters. The van der Waals surface area contributed by atoms with Crippen LogP contribution in [0.5, 0.6) is 0 Å². The van der Waals surface area contributed by atoms with E-state index in [1.54, 1.807) is 0 Å². The summed E-state index contributed by atoms with van der Waals surface area (Å²) >= 11 is 0. The first-order valence-electron chi connectivity index (χ1n) is 7.16. The van der Waals surface area contributed by atoms with Gasteiger partial charge in [-0.3, -0.25) is 0 Å². The van der Waals surface area contributed by atoms with Crippen LogP contribution < -0.4 is 5.32 Å². The topological polar surface area (TPSA) is 12.0 Å². The normalized spacial score (nSPS) is 13.9. The van der Waals surface area contributed by atoms with Gasteiger partial charge in [-0.25, -0.2) is 0 Å². The second kappa shape index (κ2) is 6.38. The molecular formula is C17H29N. The van der Waals surface area contributed by atoms with Crippen molar-refractivity contribution in [2.45, 2.75) is 53.5 Å². The van der Waals surface area contributed by atoms with Gasteiger partial charge in [0.2, 0.25) is 0 Å². The monoisotopic (exact) mass is 247 g/mol. The van der Waals surface area contributed by atoms with Gasteiger partial charge in [-0.2, -0.15) is 0 Å². The van der Waals surface area contributed by atoms with E-state index in [2.05, 4.69) is 71.2 Å². The van der Waals surface area contributed by atoms with Crippen LogP contribution in [0.3, 0.4) is 0 Å². The zero-order valence-electron chi connectivity index (χ0n) is 12.9. The highest BCUT2D eigenvalue weighted by Gasteiger charge is 2.27. The van der Waals surface area contributed by atoms with Crippen molar-refractivity contribution in [2.75, 3.05) is 7.05 Å². The van der Waals surface area contributed by atoms with Crippen LogP contribution in [0.4, 0.5) is 0 Å². The second-order valence-corrected chi connectivity index (χ2v) is 6.41. The molecule has 0 heterocycles. The molecular weight excluding hydrogens is 218 g/mol. The molecule has 0 bridgehead atoms. The molecule has 0 aliphatic heterocycles. The van der Waals surface area contributed by atoms with Gasteiger partial charge in [0, 0.05) is 6.04 Å². The second-order valence-electron chi connectivity index (χ2n) is 6.41. The average molecular weight is 247 g/mol. The molecule has 0 spiro atoms. The van der Waals surface area contributed by atoms with E-state index >= 15 is 0 Å². The van der Waals surface area contributed by atoms with Crippen LogP contribution in [-0.2, 0) is 6.42 Å². The van der Waals surface area contributed by atoms with Gasteiger partial charge in [-0.15, -0.1) is 0 Å². The van der Waals surface area contributed by atoms with Crippen LogP contribution in [0.15, 0.2) is 24.3 Å². The molecule has 1 aromatic rings. The highest BCUT2D eigenvalue weighted by molar-refractivity contribution is 5.27. The zero-order chi connectivity index (χ0) is 13.8. The fourth-order valence-electron chi connectivity index (χ4n) is 2.58. The molecule has 1 unspecified atom stereocenters. The van der Waals surface area contributed by atoms with E-state index in [0.29, 0.717) is 12.0 Å². The van der Waals surface area contributed by atoms with E-state index in [-0.39, 0.29) is 5.41 Å². The third-order valence-electron chi connectivity index (χ3n) is 3.91. The largest absolute Gasteiger partial charge is 0.313 e. The molecule has 0 saturated heterocycles. The molecule has 0 amide bonds. The lowest BCUT2D eigenvalue weighted by Gasteiger charge is -2.34. The fourth-order valence-corrected chi connectivity index (χ4v) is 2.58. The van der Waals surface area contributed by atoms with Crippen molar-refractivity contribution in [1.29, 1.82) is 0 Å². The van der Waals surface area contributed by atoms with Gasteiger partial charge < -0.3 is 5.32 Å².